The molecule has 3 aliphatic rings. The first-order valence-corrected chi connectivity index (χ1v) is 9.84. The van der Waals surface area contributed by atoms with Crippen molar-refractivity contribution in [3.63, 3.8) is 0 Å². The van der Waals surface area contributed by atoms with E-state index in [4.69, 9.17) is 4.74 Å². The van der Waals surface area contributed by atoms with E-state index in [1.807, 2.05) is 4.90 Å². The molecule has 3 fully saturated rings. The number of rotatable bonds is 7. The van der Waals surface area contributed by atoms with E-state index in [1.54, 1.807) is 0 Å². The van der Waals surface area contributed by atoms with E-state index in [2.05, 4.69) is 18.9 Å². The smallest absolute Gasteiger partial charge is 0.222 e. The van der Waals surface area contributed by atoms with Gasteiger partial charge in [-0.2, -0.15) is 0 Å². The number of amides is 1. The van der Waals surface area contributed by atoms with Crippen molar-refractivity contribution in [3.05, 3.63) is 0 Å². The first kappa shape index (κ1) is 18.2. The van der Waals surface area contributed by atoms with Gasteiger partial charge in [0.2, 0.25) is 5.91 Å². The number of ether oxygens (including phenoxy) is 1. The number of aliphatic hydroxyl groups excluding tert-OH is 1. The van der Waals surface area contributed by atoms with Crippen LogP contribution in [0.1, 0.15) is 58.3 Å². The minimum atomic E-state index is -0.455. The molecule has 0 bridgehead atoms. The second-order valence-electron chi connectivity index (χ2n) is 8.03. The van der Waals surface area contributed by atoms with Gasteiger partial charge in [-0.25, -0.2) is 0 Å². The summed E-state index contributed by atoms with van der Waals surface area (Å²) in [7, 11) is 2.14. The Morgan fingerprint density at radius 1 is 1.33 bits per heavy atom. The van der Waals surface area contributed by atoms with Gasteiger partial charge in [0.05, 0.1) is 12.2 Å². The van der Waals surface area contributed by atoms with Gasteiger partial charge in [-0.1, -0.05) is 19.3 Å². The van der Waals surface area contributed by atoms with Crippen LogP contribution in [0.15, 0.2) is 0 Å². The molecule has 0 aromatic rings. The van der Waals surface area contributed by atoms with Crippen molar-refractivity contribution in [1.82, 2.24) is 9.80 Å². The van der Waals surface area contributed by atoms with Crippen molar-refractivity contribution in [2.24, 2.45) is 5.41 Å². The van der Waals surface area contributed by atoms with Gasteiger partial charge >= 0.3 is 0 Å². The van der Waals surface area contributed by atoms with Crippen molar-refractivity contribution >= 4 is 5.91 Å². The van der Waals surface area contributed by atoms with Gasteiger partial charge in [0.1, 0.15) is 0 Å². The molecule has 2 aliphatic carbocycles. The number of carbonyl (C=O) groups excluding carboxylic acids is 1. The molecule has 0 radical (unpaired) electrons. The summed E-state index contributed by atoms with van der Waals surface area (Å²) in [6.07, 6.45) is 9.07. The van der Waals surface area contributed by atoms with Gasteiger partial charge in [0.25, 0.3) is 0 Å². The summed E-state index contributed by atoms with van der Waals surface area (Å²) >= 11 is 0. The summed E-state index contributed by atoms with van der Waals surface area (Å²) in [5.41, 5.74) is 0.298. The largest absolute Gasteiger partial charge is 0.390 e. The molecule has 0 aromatic heterocycles. The highest BCUT2D eigenvalue weighted by molar-refractivity contribution is 5.78. The number of nitrogens with zero attached hydrogens (tertiary/aromatic N) is 2. The van der Waals surface area contributed by atoms with Crippen LogP contribution in [0.4, 0.5) is 0 Å². The lowest BCUT2D eigenvalue weighted by molar-refractivity contribution is -0.181. The number of hydrogen-bond acceptors (Lipinski definition) is 4. The van der Waals surface area contributed by atoms with Crippen molar-refractivity contribution in [3.8, 4) is 0 Å². The maximum Gasteiger partial charge on any atom is 0.222 e. The van der Waals surface area contributed by atoms with Crippen LogP contribution in [0.2, 0.25) is 0 Å². The van der Waals surface area contributed by atoms with Crippen molar-refractivity contribution in [1.29, 1.82) is 0 Å². The molecule has 3 atom stereocenters. The minimum absolute atomic E-state index is 0.195. The van der Waals surface area contributed by atoms with Crippen molar-refractivity contribution in [2.45, 2.75) is 76.5 Å². The quantitative estimate of drug-likeness (QED) is 0.772. The highest BCUT2D eigenvalue weighted by atomic mass is 16.5. The van der Waals surface area contributed by atoms with E-state index in [0.29, 0.717) is 37.1 Å². The number of aliphatic hydroxyl groups is 1. The summed E-state index contributed by atoms with van der Waals surface area (Å²) in [6.45, 7) is 4.82. The van der Waals surface area contributed by atoms with E-state index in [-0.39, 0.29) is 5.91 Å². The van der Waals surface area contributed by atoms with Crippen LogP contribution in [0.25, 0.3) is 0 Å². The lowest BCUT2D eigenvalue weighted by Crippen LogP contribution is -2.65. The molecule has 24 heavy (non-hydrogen) atoms. The maximum absolute atomic E-state index is 11.7. The highest BCUT2D eigenvalue weighted by Gasteiger charge is 2.56. The van der Waals surface area contributed by atoms with E-state index in [9.17, 15) is 9.90 Å². The third-order valence-electron chi connectivity index (χ3n) is 6.53. The summed E-state index contributed by atoms with van der Waals surface area (Å²) < 4.78 is 6.04. The molecular weight excluding hydrogens is 304 g/mol. The number of β-amino-alcohol motifs (C(OH)–C–C–N with tert-alkyl or cyclic N) is 1. The fourth-order valence-electron chi connectivity index (χ4n) is 5.31. The van der Waals surface area contributed by atoms with E-state index < -0.39 is 6.10 Å². The van der Waals surface area contributed by atoms with Crippen molar-refractivity contribution in [2.75, 3.05) is 33.3 Å². The van der Waals surface area contributed by atoms with Gasteiger partial charge in [-0.3, -0.25) is 4.79 Å². The van der Waals surface area contributed by atoms with E-state index in [1.165, 1.54) is 32.1 Å². The Morgan fingerprint density at radius 3 is 2.71 bits per heavy atom. The SMILES string of the molecule is CCOC1CC(N(C)CC(O)CN2CCCC2=O)C12CCCCC2. The molecule has 3 rings (SSSR count). The molecule has 1 spiro atoms. The van der Waals surface area contributed by atoms with Crippen LogP contribution in [-0.4, -0.2) is 72.4 Å². The Morgan fingerprint density at radius 2 is 2.08 bits per heavy atom. The predicted molar refractivity (Wildman–Crippen MR) is 93.8 cm³/mol. The molecule has 1 heterocycles. The Balaban J connectivity index is 1.55. The first-order valence-electron chi connectivity index (χ1n) is 9.84. The minimum Gasteiger partial charge on any atom is -0.390 e. The first-order chi connectivity index (χ1) is 11.6. The van der Waals surface area contributed by atoms with E-state index in [0.717, 1.165) is 26.0 Å². The summed E-state index contributed by atoms with van der Waals surface area (Å²) in [4.78, 5) is 15.9. The number of carbonyl (C=O) groups is 1. The van der Waals surface area contributed by atoms with Gasteiger partial charge in [-0.05, 0) is 39.7 Å². The summed E-state index contributed by atoms with van der Waals surface area (Å²) in [6, 6.07) is 0.512. The van der Waals surface area contributed by atoms with Crippen LogP contribution in [-0.2, 0) is 9.53 Å². The molecule has 138 valence electrons. The van der Waals surface area contributed by atoms with Gasteiger partial charge in [0, 0.05) is 44.1 Å². The molecule has 1 amide bonds. The van der Waals surface area contributed by atoms with Crippen LogP contribution in [0.3, 0.4) is 0 Å². The third-order valence-corrected chi connectivity index (χ3v) is 6.53. The normalized spacial score (nSPS) is 30.8. The van der Waals surface area contributed by atoms with Crippen LogP contribution < -0.4 is 0 Å². The molecular formula is C19H34N2O3. The second-order valence-corrected chi connectivity index (χ2v) is 8.03. The zero-order valence-corrected chi connectivity index (χ0v) is 15.4. The second kappa shape index (κ2) is 7.71. The monoisotopic (exact) mass is 338 g/mol. The fourth-order valence-corrected chi connectivity index (χ4v) is 5.31. The zero-order valence-electron chi connectivity index (χ0n) is 15.4. The third kappa shape index (κ3) is 3.49. The molecule has 1 N–H and O–H groups in total. The van der Waals surface area contributed by atoms with Gasteiger partial charge in [-0.15, -0.1) is 0 Å². The van der Waals surface area contributed by atoms with Crippen LogP contribution in [0.5, 0.6) is 0 Å². The van der Waals surface area contributed by atoms with Crippen LogP contribution in [0, 0.1) is 5.41 Å². The topological polar surface area (TPSA) is 53.0 Å². The summed E-state index contributed by atoms with van der Waals surface area (Å²) in [5, 5.41) is 10.5. The highest BCUT2D eigenvalue weighted by Crippen LogP contribution is 2.55. The standard InChI is InChI=1S/C19H34N2O3/c1-3-24-17-12-16(19(17)9-5-4-6-10-19)20(2)13-15(22)14-21-11-7-8-18(21)23/h15-17,22H,3-14H2,1-2H3. The molecule has 0 aromatic carbocycles. The molecule has 1 saturated heterocycles. The average Bonchev–Trinajstić information content (AvgIpc) is 2.96. The molecule has 2 saturated carbocycles. The summed E-state index contributed by atoms with van der Waals surface area (Å²) in [5.74, 6) is 0.195. The Kier molecular flexibility index (Phi) is 5.83. The lowest BCUT2D eigenvalue weighted by atomic mass is 9.54. The molecule has 5 nitrogen and oxygen atoms in total. The van der Waals surface area contributed by atoms with E-state index >= 15 is 0 Å². The number of hydrogen-bond donors (Lipinski definition) is 1. The molecule has 5 heteroatoms. The Bertz CT molecular complexity index is 436. The Hall–Kier alpha value is -0.650. The number of likely N-dealkylation sites (N-methyl/N-ethyl adjacent to an activating group) is 1. The predicted octanol–water partition coefficient (Wildman–Crippen LogP) is 2.03. The Labute approximate surface area is 146 Å². The molecule has 3 unspecified atom stereocenters. The zero-order chi connectivity index (χ0) is 17.2. The van der Waals surface area contributed by atoms with Crippen LogP contribution >= 0.6 is 0 Å². The van der Waals surface area contributed by atoms with Gasteiger partial charge in [0.15, 0.2) is 0 Å². The van der Waals surface area contributed by atoms with Crippen molar-refractivity contribution < 1.29 is 14.6 Å². The molecule has 1 aliphatic heterocycles. The average molecular weight is 338 g/mol. The maximum atomic E-state index is 11.7. The lowest BCUT2D eigenvalue weighted by Gasteiger charge is -2.60. The fraction of sp³-hybridized carbons (Fsp3) is 0.947. The number of likely N-dealkylation sites (tertiary alicyclic amines) is 1. The van der Waals surface area contributed by atoms with Gasteiger partial charge < -0.3 is 19.6 Å².